The van der Waals surface area contributed by atoms with Gasteiger partial charge in [-0.25, -0.2) is 0 Å². The molecule has 0 atom stereocenters. The molecule has 52 valence electrons. The predicted octanol–water partition coefficient (Wildman–Crippen LogP) is 1.31. The van der Waals surface area contributed by atoms with Crippen LogP contribution in [-0.4, -0.2) is 9.67 Å². The summed E-state index contributed by atoms with van der Waals surface area (Å²) < 4.78 is 1.90. The Kier molecular flexibility index (Phi) is 1.07. The van der Waals surface area contributed by atoms with Gasteiger partial charge in [-0.3, -0.25) is 0 Å². The molecule has 0 amide bonds. The van der Waals surface area contributed by atoms with Gasteiger partial charge in [0.15, 0.2) is 5.88 Å². The van der Waals surface area contributed by atoms with Gasteiger partial charge in [0.25, 0.3) is 0 Å². The fraction of sp³-hybridized carbons (Fsp3) is 0.250. The van der Waals surface area contributed by atoms with E-state index in [4.69, 9.17) is 0 Å². The van der Waals surface area contributed by atoms with Crippen molar-refractivity contribution in [2.24, 2.45) is 0 Å². The highest BCUT2D eigenvalue weighted by Crippen LogP contribution is 2.18. The van der Waals surface area contributed by atoms with Crippen LogP contribution in [0.25, 0.3) is 0 Å². The summed E-state index contributed by atoms with van der Waals surface area (Å²) in [7, 11) is 0. The van der Waals surface area contributed by atoms with Crippen LogP contribution >= 0.6 is 0 Å². The minimum Gasteiger partial charge on any atom is -0.494 e. The van der Waals surface area contributed by atoms with Gasteiger partial charge < -0.3 is 9.67 Å². The lowest BCUT2D eigenvalue weighted by atomic mass is 10.2. The van der Waals surface area contributed by atoms with Crippen LogP contribution in [0, 0.1) is 0 Å². The Morgan fingerprint density at radius 2 is 2.20 bits per heavy atom. The van der Waals surface area contributed by atoms with Gasteiger partial charge in [0.05, 0.1) is 0 Å². The van der Waals surface area contributed by atoms with E-state index in [1.807, 2.05) is 10.6 Å². The van der Waals surface area contributed by atoms with Gasteiger partial charge in [0.2, 0.25) is 0 Å². The molecule has 0 fully saturated rings. The molecule has 0 saturated carbocycles. The van der Waals surface area contributed by atoms with Crippen molar-refractivity contribution in [1.29, 1.82) is 0 Å². The number of allylic oxidation sites excluding steroid dienone is 2. The predicted molar refractivity (Wildman–Crippen MR) is 38.9 cm³/mol. The first-order valence-electron chi connectivity index (χ1n) is 3.40. The average molecular weight is 135 g/mol. The van der Waals surface area contributed by atoms with E-state index in [-0.39, 0.29) is 0 Å². The smallest absolute Gasteiger partial charge is 0.191 e. The van der Waals surface area contributed by atoms with Crippen LogP contribution in [0.3, 0.4) is 0 Å². The summed E-state index contributed by atoms with van der Waals surface area (Å²) in [6.07, 6.45) is 5.13. The van der Waals surface area contributed by atoms with E-state index >= 15 is 0 Å². The molecule has 0 radical (unpaired) electrons. The Morgan fingerprint density at radius 1 is 1.30 bits per heavy atom. The van der Waals surface area contributed by atoms with E-state index in [1.54, 1.807) is 6.07 Å². The van der Waals surface area contributed by atoms with Crippen molar-refractivity contribution in [3.8, 4) is 5.88 Å². The highest BCUT2D eigenvalue weighted by atomic mass is 16.3. The molecule has 2 rings (SSSR count). The molecule has 2 heteroatoms. The third kappa shape index (κ3) is 0.652. The molecule has 1 aliphatic heterocycles. The van der Waals surface area contributed by atoms with Gasteiger partial charge in [0, 0.05) is 18.7 Å². The molecule has 2 heterocycles. The first kappa shape index (κ1) is 5.59. The monoisotopic (exact) mass is 135 g/mol. The summed E-state index contributed by atoms with van der Waals surface area (Å²) in [6.45, 7) is 0.814. The van der Waals surface area contributed by atoms with Gasteiger partial charge in [-0.05, 0) is 12.1 Å². The lowest BCUT2D eigenvalue weighted by Crippen LogP contribution is -2.03. The second-order valence-electron chi connectivity index (χ2n) is 2.47. The van der Waals surface area contributed by atoms with Crippen molar-refractivity contribution in [1.82, 2.24) is 4.57 Å². The van der Waals surface area contributed by atoms with Crippen molar-refractivity contribution in [3.05, 3.63) is 30.0 Å². The molecule has 2 nitrogen and oxygen atoms in total. The Morgan fingerprint density at radius 3 is 3.00 bits per heavy atom. The Balaban J connectivity index is 2.50. The van der Waals surface area contributed by atoms with Crippen LogP contribution in [0.1, 0.15) is 5.69 Å². The van der Waals surface area contributed by atoms with Crippen LogP contribution in [-0.2, 0) is 13.0 Å². The fourth-order valence-electron chi connectivity index (χ4n) is 1.27. The van der Waals surface area contributed by atoms with Crippen molar-refractivity contribution >= 4 is 0 Å². The third-order valence-electron chi connectivity index (χ3n) is 1.83. The van der Waals surface area contributed by atoms with Crippen LogP contribution in [0.5, 0.6) is 5.88 Å². The molecule has 1 aromatic heterocycles. The van der Waals surface area contributed by atoms with Gasteiger partial charge in [0.1, 0.15) is 0 Å². The standard InChI is InChI=1S/C8H9NO/c10-8-5-4-7-3-1-2-6-9(7)8/h1-2,4-5,10H,3,6H2. The molecule has 0 unspecified atom stereocenters. The minimum atomic E-state index is 0.374. The lowest BCUT2D eigenvalue weighted by Gasteiger charge is -2.09. The maximum atomic E-state index is 9.23. The zero-order chi connectivity index (χ0) is 6.97. The number of hydrogen-bond acceptors (Lipinski definition) is 1. The molecule has 1 aromatic rings. The molecular weight excluding hydrogens is 126 g/mol. The maximum absolute atomic E-state index is 9.23. The summed E-state index contributed by atoms with van der Waals surface area (Å²) in [4.78, 5) is 0. The van der Waals surface area contributed by atoms with Crippen molar-refractivity contribution in [2.45, 2.75) is 13.0 Å². The molecular formula is C8H9NO. The SMILES string of the molecule is Oc1ccc2n1CC=CC2. The summed E-state index contributed by atoms with van der Waals surface area (Å²) >= 11 is 0. The molecule has 10 heavy (non-hydrogen) atoms. The van der Waals surface area contributed by atoms with Gasteiger partial charge in [-0.15, -0.1) is 0 Å². The molecule has 0 bridgehead atoms. The molecule has 0 aromatic carbocycles. The highest BCUT2D eigenvalue weighted by Gasteiger charge is 2.06. The van der Waals surface area contributed by atoms with Crippen LogP contribution in [0.15, 0.2) is 24.3 Å². The first-order chi connectivity index (χ1) is 4.88. The van der Waals surface area contributed by atoms with E-state index < -0.39 is 0 Å². The molecule has 0 spiro atoms. The third-order valence-corrected chi connectivity index (χ3v) is 1.83. The minimum absolute atomic E-state index is 0.374. The van der Waals surface area contributed by atoms with Gasteiger partial charge >= 0.3 is 0 Å². The second kappa shape index (κ2) is 1.90. The van der Waals surface area contributed by atoms with Crippen LogP contribution < -0.4 is 0 Å². The van der Waals surface area contributed by atoms with E-state index in [2.05, 4.69) is 12.2 Å². The highest BCUT2D eigenvalue weighted by molar-refractivity contribution is 5.24. The number of fused-ring (bicyclic) bond motifs is 1. The molecule has 1 N–H and O–H groups in total. The van der Waals surface area contributed by atoms with Crippen molar-refractivity contribution in [2.75, 3.05) is 0 Å². The number of aromatic hydroxyl groups is 1. The van der Waals surface area contributed by atoms with Crippen molar-refractivity contribution < 1.29 is 5.11 Å². The molecule has 1 aliphatic rings. The lowest BCUT2D eigenvalue weighted by molar-refractivity contribution is 0.421. The summed E-state index contributed by atoms with van der Waals surface area (Å²) in [5.41, 5.74) is 1.19. The summed E-state index contributed by atoms with van der Waals surface area (Å²) in [6, 6.07) is 3.70. The quantitative estimate of drug-likeness (QED) is 0.533. The molecule has 0 aliphatic carbocycles. The fourth-order valence-corrected chi connectivity index (χ4v) is 1.27. The number of aromatic nitrogens is 1. The largest absolute Gasteiger partial charge is 0.494 e. The summed E-state index contributed by atoms with van der Waals surface area (Å²) in [5.74, 6) is 0.374. The Labute approximate surface area is 59.4 Å². The van der Waals surface area contributed by atoms with E-state index in [1.165, 1.54) is 5.69 Å². The molecule has 0 saturated heterocycles. The Bertz CT molecular complexity index is 273. The number of nitrogens with zero attached hydrogens (tertiary/aromatic N) is 1. The maximum Gasteiger partial charge on any atom is 0.191 e. The van der Waals surface area contributed by atoms with E-state index in [0.717, 1.165) is 13.0 Å². The first-order valence-corrected chi connectivity index (χ1v) is 3.40. The van der Waals surface area contributed by atoms with Crippen LogP contribution in [0.4, 0.5) is 0 Å². The van der Waals surface area contributed by atoms with E-state index in [9.17, 15) is 5.11 Å². The number of rotatable bonds is 0. The van der Waals surface area contributed by atoms with Crippen LogP contribution in [0.2, 0.25) is 0 Å². The summed E-state index contributed by atoms with van der Waals surface area (Å²) in [5, 5.41) is 9.23. The van der Waals surface area contributed by atoms with Gasteiger partial charge in [-0.1, -0.05) is 12.2 Å². The second-order valence-corrected chi connectivity index (χ2v) is 2.47. The Hall–Kier alpha value is -1.18. The zero-order valence-corrected chi connectivity index (χ0v) is 5.62. The average Bonchev–Trinajstić information content (AvgIpc) is 2.34. The van der Waals surface area contributed by atoms with Crippen molar-refractivity contribution in [3.63, 3.8) is 0 Å². The number of hydrogen-bond donors (Lipinski definition) is 1. The normalized spacial score (nSPS) is 15.2. The van der Waals surface area contributed by atoms with Gasteiger partial charge in [-0.2, -0.15) is 0 Å². The zero-order valence-electron chi connectivity index (χ0n) is 5.62. The topological polar surface area (TPSA) is 25.2 Å². The van der Waals surface area contributed by atoms with E-state index in [0.29, 0.717) is 5.88 Å².